The van der Waals surface area contributed by atoms with Gasteiger partial charge in [0, 0.05) is 6.07 Å². The topological polar surface area (TPSA) is 9.23 Å². The molecule has 0 aliphatic heterocycles. The summed E-state index contributed by atoms with van der Waals surface area (Å²) in [6, 6.07) is 8.54. The molecule has 0 amide bonds. The van der Waals surface area contributed by atoms with E-state index in [4.69, 9.17) is 0 Å². The molecule has 0 aliphatic rings. The Morgan fingerprint density at radius 3 is 2.54 bits per heavy atom. The lowest BCUT2D eigenvalue weighted by atomic mass is 10.3. The first-order valence-corrected chi connectivity index (χ1v) is 3.90. The normalized spacial score (nSPS) is 13.8. The molecule has 1 radical (unpaired) electrons. The third kappa shape index (κ3) is 3.18. The van der Waals surface area contributed by atoms with Crippen molar-refractivity contribution in [2.75, 3.05) is 0 Å². The van der Waals surface area contributed by atoms with Crippen molar-refractivity contribution < 1.29 is 17.9 Å². The molecular weight excluding hydrogens is 201 g/mol. The Morgan fingerprint density at radius 1 is 1.38 bits per heavy atom. The minimum atomic E-state index is -4.47. The van der Waals surface area contributed by atoms with Gasteiger partial charge in [0.2, 0.25) is 5.44 Å². The van der Waals surface area contributed by atoms with Crippen LogP contribution in [0.3, 0.4) is 0 Å². The third-order valence-electron chi connectivity index (χ3n) is 1.20. The summed E-state index contributed by atoms with van der Waals surface area (Å²) in [6.45, 7) is 0. The van der Waals surface area contributed by atoms with Crippen LogP contribution in [-0.2, 0) is 0 Å². The van der Waals surface area contributed by atoms with Crippen LogP contribution in [0.15, 0.2) is 24.3 Å². The van der Waals surface area contributed by atoms with Gasteiger partial charge in [0.15, 0.2) is 0 Å². The van der Waals surface area contributed by atoms with Crippen LogP contribution in [0.5, 0.6) is 5.75 Å². The van der Waals surface area contributed by atoms with E-state index in [0.717, 1.165) is 0 Å². The fourth-order valence-corrected chi connectivity index (χ4v) is 0.751. The van der Waals surface area contributed by atoms with Crippen molar-refractivity contribution in [3.8, 4) is 5.75 Å². The molecule has 0 aromatic heterocycles. The molecule has 0 bridgehead atoms. The van der Waals surface area contributed by atoms with Crippen molar-refractivity contribution in [2.24, 2.45) is 0 Å². The molecule has 1 atom stereocenters. The van der Waals surface area contributed by atoms with Gasteiger partial charge in [-0.2, -0.15) is 13.2 Å². The Bertz CT molecular complexity index is 260. The molecule has 13 heavy (non-hydrogen) atoms. The van der Waals surface area contributed by atoms with E-state index in [0.29, 0.717) is 0 Å². The monoisotopic (exact) mass is 207 g/mol. The third-order valence-corrected chi connectivity index (χ3v) is 1.60. The summed E-state index contributed by atoms with van der Waals surface area (Å²) in [5.41, 5.74) is -2.11. The van der Waals surface area contributed by atoms with Crippen LogP contribution in [0.2, 0.25) is 0 Å². The highest BCUT2D eigenvalue weighted by molar-refractivity contribution is 7.80. The van der Waals surface area contributed by atoms with Gasteiger partial charge in [0.05, 0.1) is 0 Å². The maximum atomic E-state index is 11.9. The van der Waals surface area contributed by atoms with Gasteiger partial charge in [0.25, 0.3) is 0 Å². The van der Waals surface area contributed by atoms with E-state index in [1.807, 2.05) is 0 Å². The van der Waals surface area contributed by atoms with Gasteiger partial charge >= 0.3 is 6.18 Å². The highest BCUT2D eigenvalue weighted by Gasteiger charge is 2.39. The molecule has 0 heterocycles. The molecule has 0 saturated carbocycles. The number of thiol groups is 1. The first-order valence-electron chi connectivity index (χ1n) is 3.38. The number of alkyl halides is 3. The summed E-state index contributed by atoms with van der Waals surface area (Å²) in [5, 5.41) is 0. The van der Waals surface area contributed by atoms with Gasteiger partial charge in [-0.05, 0) is 6.07 Å². The maximum Gasteiger partial charge on any atom is 0.434 e. The summed E-state index contributed by atoms with van der Waals surface area (Å²) in [4.78, 5) is 0. The standard InChI is InChI=1S/C8H6F3OS/c9-8(10,11)7(13)12-6-4-2-1-3-5-6/h1-4,7,13H. The zero-order valence-electron chi connectivity index (χ0n) is 6.38. The van der Waals surface area contributed by atoms with E-state index < -0.39 is 11.6 Å². The van der Waals surface area contributed by atoms with Gasteiger partial charge in [-0.3, -0.25) is 0 Å². The SMILES string of the molecule is FC(F)(F)C(S)Oc1[c]cccc1. The number of benzene rings is 1. The Hall–Kier alpha value is -0.840. The summed E-state index contributed by atoms with van der Waals surface area (Å²) < 4.78 is 40.2. The van der Waals surface area contributed by atoms with Crippen LogP contribution in [0.25, 0.3) is 0 Å². The number of hydrogen-bond donors (Lipinski definition) is 1. The van der Waals surface area contributed by atoms with Crippen LogP contribution in [0, 0.1) is 6.07 Å². The highest BCUT2D eigenvalue weighted by atomic mass is 32.1. The van der Waals surface area contributed by atoms with Crippen LogP contribution in [0.1, 0.15) is 0 Å². The predicted molar refractivity (Wildman–Crippen MR) is 44.7 cm³/mol. The molecule has 5 heteroatoms. The largest absolute Gasteiger partial charge is 0.470 e. The number of hydrogen-bond acceptors (Lipinski definition) is 2. The average molecular weight is 207 g/mol. The zero-order valence-corrected chi connectivity index (χ0v) is 7.27. The fraction of sp³-hybridized carbons (Fsp3) is 0.250. The smallest absolute Gasteiger partial charge is 0.434 e. The first-order chi connectivity index (χ1) is 6.00. The molecule has 0 aliphatic carbocycles. The van der Waals surface area contributed by atoms with Gasteiger partial charge in [0.1, 0.15) is 5.75 Å². The fourth-order valence-electron chi connectivity index (χ4n) is 0.637. The molecule has 71 valence electrons. The number of para-hydroxylation sites is 1. The Labute approximate surface area is 78.9 Å². The van der Waals surface area contributed by atoms with Crippen LogP contribution in [0.4, 0.5) is 13.2 Å². The van der Waals surface area contributed by atoms with E-state index in [1.54, 1.807) is 12.1 Å². The molecule has 1 aromatic carbocycles. The van der Waals surface area contributed by atoms with E-state index in [9.17, 15) is 13.2 Å². The van der Waals surface area contributed by atoms with Gasteiger partial charge < -0.3 is 4.74 Å². The summed E-state index contributed by atoms with van der Waals surface area (Å²) >= 11 is 3.25. The number of rotatable bonds is 2. The van der Waals surface area contributed by atoms with E-state index >= 15 is 0 Å². The lowest BCUT2D eigenvalue weighted by molar-refractivity contribution is -0.165. The molecule has 1 unspecified atom stereocenters. The van der Waals surface area contributed by atoms with Crippen LogP contribution >= 0.6 is 12.6 Å². The molecule has 0 fully saturated rings. The van der Waals surface area contributed by atoms with Crippen LogP contribution < -0.4 is 4.74 Å². The summed E-state index contributed by atoms with van der Waals surface area (Å²) in [5.74, 6) is 0.0276. The van der Waals surface area contributed by atoms with E-state index in [1.165, 1.54) is 12.1 Å². The van der Waals surface area contributed by atoms with Crippen molar-refractivity contribution in [3.63, 3.8) is 0 Å². The quantitative estimate of drug-likeness (QED) is 0.579. The summed E-state index contributed by atoms with van der Waals surface area (Å²) in [7, 11) is 0. The highest BCUT2D eigenvalue weighted by Crippen LogP contribution is 2.26. The zero-order chi connectivity index (χ0) is 9.90. The number of halogens is 3. The molecule has 1 nitrogen and oxygen atoms in total. The molecule has 1 rings (SSSR count). The van der Waals surface area contributed by atoms with Crippen molar-refractivity contribution in [2.45, 2.75) is 11.6 Å². The second-order valence-electron chi connectivity index (χ2n) is 2.24. The minimum Gasteiger partial charge on any atom is -0.470 e. The maximum absolute atomic E-state index is 11.9. The van der Waals surface area contributed by atoms with Crippen LogP contribution in [-0.4, -0.2) is 11.6 Å². The first kappa shape index (κ1) is 10.2. The Kier molecular flexibility index (Phi) is 3.08. The molecule has 1 aromatic rings. The average Bonchev–Trinajstić information content (AvgIpc) is 2.04. The van der Waals surface area contributed by atoms with Gasteiger partial charge in [-0.25, -0.2) is 0 Å². The van der Waals surface area contributed by atoms with Crippen molar-refractivity contribution >= 4 is 12.6 Å². The molecule has 0 N–H and O–H groups in total. The minimum absolute atomic E-state index is 0.0276. The Balaban J connectivity index is 2.61. The lowest BCUT2D eigenvalue weighted by Crippen LogP contribution is -2.28. The van der Waals surface area contributed by atoms with Gasteiger partial charge in [-0.1, -0.05) is 18.2 Å². The van der Waals surface area contributed by atoms with E-state index in [2.05, 4.69) is 23.4 Å². The molecule has 0 saturated heterocycles. The van der Waals surface area contributed by atoms with Crippen molar-refractivity contribution in [1.82, 2.24) is 0 Å². The van der Waals surface area contributed by atoms with Gasteiger partial charge in [-0.15, -0.1) is 12.6 Å². The second kappa shape index (κ2) is 3.91. The summed E-state index contributed by atoms with van der Waals surface area (Å²) in [6.07, 6.45) is -4.47. The van der Waals surface area contributed by atoms with Crippen molar-refractivity contribution in [3.05, 3.63) is 30.3 Å². The number of ether oxygens (including phenoxy) is 1. The Morgan fingerprint density at radius 2 is 2.08 bits per heavy atom. The second-order valence-corrected chi connectivity index (χ2v) is 2.71. The van der Waals surface area contributed by atoms with E-state index in [-0.39, 0.29) is 5.75 Å². The lowest BCUT2D eigenvalue weighted by Gasteiger charge is -2.16. The molecule has 0 spiro atoms. The van der Waals surface area contributed by atoms with Crippen molar-refractivity contribution in [1.29, 1.82) is 0 Å². The molecular formula is C8H6F3OS. The predicted octanol–water partition coefficient (Wildman–Crippen LogP) is 2.68.